The van der Waals surface area contributed by atoms with Crippen LogP contribution in [0.5, 0.6) is 5.75 Å². The number of hydrogen-bond donors (Lipinski definition) is 0. The lowest BCUT2D eigenvalue weighted by Gasteiger charge is -2.42. The first-order chi connectivity index (χ1) is 8.58. The fourth-order valence-electron chi connectivity index (χ4n) is 3.33. The summed E-state index contributed by atoms with van der Waals surface area (Å²) in [5, 5.41) is 0. The van der Waals surface area contributed by atoms with Crippen molar-refractivity contribution in [2.45, 2.75) is 44.6 Å². The highest BCUT2D eigenvalue weighted by Crippen LogP contribution is 2.43. The molecule has 0 N–H and O–H groups in total. The van der Waals surface area contributed by atoms with E-state index in [4.69, 9.17) is 4.74 Å². The summed E-state index contributed by atoms with van der Waals surface area (Å²) in [6.07, 6.45) is 4.56. The number of carbonyl (C=O) groups is 1. The lowest BCUT2D eigenvalue weighted by molar-refractivity contribution is -0.000923. The lowest BCUT2D eigenvalue weighted by atomic mass is 9.74. The quantitative estimate of drug-likeness (QED) is 0.699. The molecule has 96 valence electrons. The van der Waals surface area contributed by atoms with Gasteiger partial charge in [0.1, 0.15) is 17.2 Å². The molecular formula is C15H17FO2. The van der Waals surface area contributed by atoms with Crippen LogP contribution in [0.1, 0.15) is 49.4 Å². The fraction of sp³-hybridized carbons (Fsp3) is 0.533. The predicted octanol–water partition coefficient (Wildman–Crippen LogP) is 3.74. The number of ketones is 1. The van der Waals surface area contributed by atoms with Crippen molar-refractivity contribution in [1.82, 2.24) is 0 Å². The van der Waals surface area contributed by atoms with Gasteiger partial charge in [0.15, 0.2) is 5.78 Å². The number of hydrogen-bond acceptors (Lipinski definition) is 2. The van der Waals surface area contributed by atoms with Crippen molar-refractivity contribution in [2.75, 3.05) is 0 Å². The van der Waals surface area contributed by atoms with E-state index in [0.29, 0.717) is 23.7 Å². The zero-order valence-corrected chi connectivity index (χ0v) is 10.5. The van der Waals surface area contributed by atoms with Gasteiger partial charge in [-0.1, -0.05) is 13.3 Å². The minimum Gasteiger partial charge on any atom is -0.486 e. The molecule has 3 rings (SSSR count). The van der Waals surface area contributed by atoms with Gasteiger partial charge < -0.3 is 4.74 Å². The Hall–Kier alpha value is -1.38. The van der Waals surface area contributed by atoms with Crippen LogP contribution in [0.25, 0.3) is 0 Å². The molecule has 1 fully saturated rings. The number of halogens is 1. The Kier molecular flexibility index (Phi) is 2.65. The molecule has 3 heteroatoms. The molecule has 0 bridgehead atoms. The first-order valence-electron chi connectivity index (χ1n) is 6.60. The fourth-order valence-corrected chi connectivity index (χ4v) is 3.33. The SMILES string of the molecule is C[C@H]1CCC[C@]2(CC(=O)c3cc(F)ccc3O2)C1. The van der Waals surface area contributed by atoms with Crippen molar-refractivity contribution >= 4 is 5.78 Å². The standard InChI is InChI=1S/C15H17FO2/c1-10-3-2-6-15(8-10)9-13(17)12-7-11(16)4-5-14(12)18-15/h4-5,7,10H,2-3,6,8-9H2,1H3/t10-,15+/m0/s1. The molecule has 2 nitrogen and oxygen atoms in total. The summed E-state index contributed by atoms with van der Waals surface area (Å²) in [5.74, 6) is 0.791. The Morgan fingerprint density at radius 1 is 1.44 bits per heavy atom. The van der Waals surface area contributed by atoms with Crippen LogP contribution in [-0.2, 0) is 0 Å². The van der Waals surface area contributed by atoms with E-state index in [2.05, 4.69) is 6.92 Å². The first kappa shape index (κ1) is 11.7. The third kappa shape index (κ3) is 1.92. The van der Waals surface area contributed by atoms with Gasteiger partial charge in [-0.2, -0.15) is 0 Å². The molecule has 0 radical (unpaired) electrons. The van der Waals surface area contributed by atoms with Crippen LogP contribution in [0.4, 0.5) is 4.39 Å². The monoisotopic (exact) mass is 248 g/mol. The zero-order valence-electron chi connectivity index (χ0n) is 10.5. The normalized spacial score (nSPS) is 31.0. The van der Waals surface area contributed by atoms with Crippen LogP contribution < -0.4 is 4.74 Å². The van der Waals surface area contributed by atoms with Gasteiger partial charge in [-0.3, -0.25) is 4.79 Å². The van der Waals surface area contributed by atoms with E-state index in [1.54, 1.807) is 6.07 Å². The number of fused-ring (bicyclic) bond motifs is 1. The van der Waals surface area contributed by atoms with Gasteiger partial charge in [0, 0.05) is 0 Å². The summed E-state index contributed by atoms with van der Waals surface area (Å²) < 4.78 is 19.2. The summed E-state index contributed by atoms with van der Waals surface area (Å²) >= 11 is 0. The maximum Gasteiger partial charge on any atom is 0.170 e. The van der Waals surface area contributed by atoms with Crippen molar-refractivity contribution in [3.63, 3.8) is 0 Å². The van der Waals surface area contributed by atoms with Crippen LogP contribution in [0, 0.1) is 11.7 Å². The van der Waals surface area contributed by atoms with Crippen molar-refractivity contribution < 1.29 is 13.9 Å². The summed E-state index contributed by atoms with van der Waals surface area (Å²) in [4.78, 5) is 12.2. The zero-order chi connectivity index (χ0) is 12.8. The molecule has 1 saturated carbocycles. The van der Waals surface area contributed by atoms with Crippen LogP contribution in [0.2, 0.25) is 0 Å². The summed E-state index contributed by atoms with van der Waals surface area (Å²) in [7, 11) is 0. The van der Waals surface area contributed by atoms with Crippen LogP contribution in [-0.4, -0.2) is 11.4 Å². The first-order valence-corrected chi connectivity index (χ1v) is 6.60. The van der Waals surface area contributed by atoms with Gasteiger partial charge in [0.2, 0.25) is 0 Å². The van der Waals surface area contributed by atoms with E-state index in [9.17, 15) is 9.18 Å². The second-order valence-corrected chi connectivity index (χ2v) is 5.73. The molecule has 1 spiro atoms. The van der Waals surface area contributed by atoms with Gasteiger partial charge in [-0.05, 0) is 43.4 Å². The van der Waals surface area contributed by atoms with Crippen LogP contribution in [0.3, 0.4) is 0 Å². The molecule has 1 aromatic rings. The number of carbonyl (C=O) groups excluding carboxylic acids is 1. The minimum atomic E-state index is -0.376. The number of benzene rings is 1. The summed E-state index contributed by atoms with van der Waals surface area (Å²) in [5.41, 5.74) is 0.0680. The topological polar surface area (TPSA) is 26.3 Å². The average Bonchev–Trinajstić information content (AvgIpc) is 2.30. The third-order valence-corrected chi connectivity index (χ3v) is 4.10. The van der Waals surface area contributed by atoms with Crippen LogP contribution in [0.15, 0.2) is 18.2 Å². The molecule has 0 unspecified atom stereocenters. The highest BCUT2D eigenvalue weighted by atomic mass is 19.1. The second kappa shape index (κ2) is 4.08. The lowest BCUT2D eigenvalue weighted by Crippen LogP contribution is -2.45. The minimum absolute atomic E-state index is 0.0184. The van der Waals surface area contributed by atoms with Gasteiger partial charge >= 0.3 is 0 Å². The molecule has 0 saturated heterocycles. The molecule has 0 aromatic heterocycles. The molecule has 2 atom stereocenters. The van der Waals surface area contributed by atoms with Crippen molar-refractivity contribution in [3.8, 4) is 5.75 Å². The van der Waals surface area contributed by atoms with Gasteiger partial charge in [-0.25, -0.2) is 4.39 Å². The van der Waals surface area contributed by atoms with Crippen molar-refractivity contribution in [1.29, 1.82) is 0 Å². The molecule has 1 aliphatic heterocycles. The van der Waals surface area contributed by atoms with E-state index in [0.717, 1.165) is 19.3 Å². The Morgan fingerprint density at radius 2 is 2.28 bits per heavy atom. The smallest absolute Gasteiger partial charge is 0.170 e. The Labute approximate surface area is 106 Å². The molecule has 2 aliphatic rings. The van der Waals surface area contributed by atoms with E-state index in [1.807, 2.05) is 0 Å². The van der Waals surface area contributed by atoms with Gasteiger partial charge in [-0.15, -0.1) is 0 Å². The van der Waals surface area contributed by atoms with E-state index >= 15 is 0 Å². The van der Waals surface area contributed by atoms with E-state index < -0.39 is 0 Å². The third-order valence-electron chi connectivity index (χ3n) is 4.10. The van der Waals surface area contributed by atoms with E-state index in [1.165, 1.54) is 18.6 Å². The van der Waals surface area contributed by atoms with Gasteiger partial charge in [0.25, 0.3) is 0 Å². The Morgan fingerprint density at radius 3 is 3.06 bits per heavy atom. The molecule has 0 amide bonds. The maximum atomic E-state index is 13.2. The number of ether oxygens (including phenoxy) is 1. The average molecular weight is 248 g/mol. The predicted molar refractivity (Wildman–Crippen MR) is 66.3 cm³/mol. The highest BCUT2D eigenvalue weighted by molar-refractivity contribution is 6.00. The summed E-state index contributed by atoms with van der Waals surface area (Å²) in [6.45, 7) is 2.20. The van der Waals surface area contributed by atoms with Crippen molar-refractivity contribution in [2.24, 2.45) is 5.92 Å². The maximum absolute atomic E-state index is 13.2. The number of Topliss-reactive ketones (excluding diaryl/α,β-unsaturated/α-hetero) is 1. The second-order valence-electron chi connectivity index (χ2n) is 5.73. The largest absolute Gasteiger partial charge is 0.486 e. The van der Waals surface area contributed by atoms with E-state index in [-0.39, 0.29) is 17.2 Å². The molecule has 1 aromatic carbocycles. The van der Waals surface area contributed by atoms with Gasteiger partial charge in [0.05, 0.1) is 12.0 Å². The number of rotatable bonds is 0. The highest BCUT2D eigenvalue weighted by Gasteiger charge is 2.43. The Bertz CT molecular complexity index is 497. The summed E-state index contributed by atoms with van der Waals surface area (Å²) in [6, 6.07) is 4.23. The molecular weight excluding hydrogens is 231 g/mol. The molecule has 1 heterocycles. The Balaban J connectivity index is 1.96. The van der Waals surface area contributed by atoms with Crippen LogP contribution >= 0.6 is 0 Å². The molecule has 18 heavy (non-hydrogen) atoms. The molecule has 1 aliphatic carbocycles. The van der Waals surface area contributed by atoms with Crippen molar-refractivity contribution in [3.05, 3.63) is 29.6 Å².